The molecule has 0 aromatic heterocycles. The lowest BCUT2D eigenvalue weighted by Gasteiger charge is -2.42. The summed E-state index contributed by atoms with van der Waals surface area (Å²) in [6.07, 6.45) is 5.51. The van der Waals surface area contributed by atoms with Crippen LogP contribution in [0, 0.1) is 11.8 Å². The Balaban J connectivity index is 2.51. The third-order valence-electron chi connectivity index (χ3n) is 3.57. The van der Waals surface area contributed by atoms with Crippen LogP contribution in [0.5, 0.6) is 0 Å². The second-order valence-corrected chi connectivity index (χ2v) is 5.25. The second kappa shape index (κ2) is 5.86. The third-order valence-corrected chi connectivity index (χ3v) is 3.57. The second-order valence-electron chi connectivity index (χ2n) is 5.25. The van der Waals surface area contributed by atoms with Gasteiger partial charge in [0.05, 0.1) is 12.2 Å². The number of hydrogen-bond acceptors (Lipinski definition) is 2. The van der Waals surface area contributed by atoms with E-state index in [4.69, 9.17) is 4.74 Å². The predicted octanol–water partition coefficient (Wildman–Crippen LogP) is 2.99. The summed E-state index contributed by atoms with van der Waals surface area (Å²) in [6.45, 7) is 7.82. The van der Waals surface area contributed by atoms with E-state index in [2.05, 4.69) is 20.8 Å². The molecule has 0 radical (unpaired) electrons. The van der Waals surface area contributed by atoms with E-state index in [9.17, 15) is 5.11 Å². The van der Waals surface area contributed by atoms with Gasteiger partial charge in [0.15, 0.2) is 0 Å². The summed E-state index contributed by atoms with van der Waals surface area (Å²) >= 11 is 0. The summed E-state index contributed by atoms with van der Waals surface area (Å²) in [5, 5.41) is 10.6. The van der Waals surface area contributed by atoms with E-state index in [-0.39, 0.29) is 0 Å². The van der Waals surface area contributed by atoms with Gasteiger partial charge in [-0.3, -0.25) is 0 Å². The standard InChI is InChI=1S/C13H26O2/c1-4-9-15-10-13(14)8-6-5-7-12(13)11(2)3/h11-12,14H,4-10H2,1-3H3. The Morgan fingerprint density at radius 3 is 2.73 bits per heavy atom. The summed E-state index contributed by atoms with van der Waals surface area (Å²) in [5.41, 5.74) is -0.554. The molecular formula is C13H26O2. The van der Waals surface area contributed by atoms with E-state index < -0.39 is 5.60 Å². The van der Waals surface area contributed by atoms with Crippen LogP contribution in [0.3, 0.4) is 0 Å². The number of ether oxygens (including phenoxy) is 1. The zero-order valence-corrected chi connectivity index (χ0v) is 10.5. The van der Waals surface area contributed by atoms with Crippen molar-refractivity contribution in [2.45, 2.75) is 58.5 Å². The van der Waals surface area contributed by atoms with Crippen LogP contribution < -0.4 is 0 Å². The molecule has 0 aromatic rings. The van der Waals surface area contributed by atoms with E-state index in [1.807, 2.05) is 0 Å². The lowest BCUT2D eigenvalue weighted by molar-refractivity contribution is -0.117. The molecule has 15 heavy (non-hydrogen) atoms. The molecule has 2 atom stereocenters. The largest absolute Gasteiger partial charge is 0.387 e. The molecule has 1 saturated carbocycles. The smallest absolute Gasteiger partial charge is 0.0910 e. The summed E-state index contributed by atoms with van der Waals surface area (Å²) in [5.74, 6) is 0.976. The topological polar surface area (TPSA) is 29.5 Å². The van der Waals surface area contributed by atoms with E-state index in [1.165, 1.54) is 6.42 Å². The van der Waals surface area contributed by atoms with E-state index in [0.29, 0.717) is 18.4 Å². The summed E-state index contributed by atoms with van der Waals surface area (Å²) in [4.78, 5) is 0. The first kappa shape index (κ1) is 13.0. The van der Waals surface area contributed by atoms with Crippen LogP contribution in [0.4, 0.5) is 0 Å². The third kappa shape index (κ3) is 3.46. The van der Waals surface area contributed by atoms with Crippen LogP contribution in [-0.4, -0.2) is 23.9 Å². The van der Waals surface area contributed by atoms with E-state index >= 15 is 0 Å². The van der Waals surface area contributed by atoms with Gasteiger partial charge in [-0.2, -0.15) is 0 Å². The molecule has 1 aliphatic carbocycles. The van der Waals surface area contributed by atoms with Crippen LogP contribution in [-0.2, 0) is 4.74 Å². The van der Waals surface area contributed by atoms with Crippen LogP contribution in [0.25, 0.3) is 0 Å². The first-order valence-electron chi connectivity index (χ1n) is 6.40. The van der Waals surface area contributed by atoms with Crippen LogP contribution in [0.1, 0.15) is 52.9 Å². The molecule has 2 heteroatoms. The first-order chi connectivity index (χ1) is 7.10. The van der Waals surface area contributed by atoms with Gasteiger partial charge in [0.1, 0.15) is 0 Å². The van der Waals surface area contributed by atoms with E-state index in [0.717, 1.165) is 32.3 Å². The highest BCUT2D eigenvalue weighted by molar-refractivity contribution is 4.91. The van der Waals surface area contributed by atoms with Gasteiger partial charge >= 0.3 is 0 Å². The maximum absolute atomic E-state index is 10.6. The van der Waals surface area contributed by atoms with Crippen molar-refractivity contribution >= 4 is 0 Å². The predicted molar refractivity (Wildman–Crippen MR) is 62.9 cm³/mol. The van der Waals surface area contributed by atoms with Crippen molar-refractivity contribution in [3.8, 4) is 0 Å². The SMILES string of the molecule is CCCOCC1(O)CCCCC1C(C)C. The minimum atomic E-state index is -0.554. The van der Waals surface area contributed by atoms with Crippen molar-refractivity contribution in [2.75, 3.05) is 13.2 Å². The van der Waals surface area contributed by atoms with Crippen molar-refractivity contribution in [1.82, 2.24) is 0 Å². The molecule has 0 bridgehead atoms. The highest BCUT2D eigenvalue weighted by Crippen LogP contribution is 2.38. The molecule has 0 aromatic carbocycles. The molecule has 0 amide bonds. The van der Waals surface area contributed by atoms with Crippen molar-refractivity contribution in [2.24, 2.45) is 11.8 Å². The molecule has 1 fully saturated rings. The highest BCUT2D eigenvalue weighted by Gasteiger charge is 2.40. The molecular weight excluding hydrogens is 188 g/mol. The van der Waals surface area contributed by atoms with Gasteiger partial charge in [-0.25, -0.2) is 0 Å². The van der Waals surface area contributed by atoms with Crippen molar-refractivity contribution in [3.63, 3.8) is 0 Å². The van der Waals surface area contributed by atoms with Gasteiger partial charge in [-0.1, -0.05) is 33.6 Å². The van der Waals surface area contributed by atoms with Gasteiger partial charge in [0, 0.05) is 6.61 Å². The molecule has 0 spiro atoms. The number of aliphatic hydroxyl groups is 1. The fourth-order valence-electron chi connectivity index (χ4n) is 2.78. The molecule has 2 unspecified atom stereocenters. The normalized spacial score (nSPS) is 32.2. The zero-order chi connectivity index (χ0) is 11.3. The molecule has 1 N–H and O–H groups in total. The Kier molecular flexibility index (Phi) is 5.07. The number of rotatable bonds is 5. The lowest BCUT2D eigenvalue weighted by atomic mass is 9.70. The van der Waals surface area contributed by atoms with Gasteiger partial charge in [0.25, 0.3) is 0 Å². The van der Waals surface area contributed by atoms with Crippen molar-refractivity contribution < 1.29 is 9.84 Å². The maximum Gasteiger partial charge on any atom is 0.0910 e. The van der Waals surface area contributed by atoms with Gasteiger partial charge in [-0.15, -0.1) is 0 Å². The molecule has 2 nitrogen and oxygen atoms in total. The van der Waals surface area contributed by atoms with E-state index in [1.54, 1.807) is 0 Å². The molecule has 0 aliphatic heterocycles. The molecule has 1 aliphatic rings. The van der Waals surface area contributed by atoms with Crippen LogP contribution >= 0.6 is 0 Å². The average Bonchev–Trinajstić information content (AvgIpc) is 2.18. The molecule has 90 valence electrons. The molecule has 0 heterocycles. The van der Waals surface area contributed by atoms with Crippen LogP contribution in [0.2, 0.25) is 0 Å². The lowest BCUT2D eigenvalue weighted by Crippen LogP contribution is -2.47. The van der Waals surface area contributed by atoms with Crippen molar-refractivity contribution in [1.29, 1.82) is 0 Å². The fourth-order valence-corrected chi connectivity index (χ4v) is 2.78. The van der Waals surface area contributed by atoms with Gasteiger partial charge < -0.3 is 9.84 Å². The molecule has 1 rings (SSSR count). The fraction of sp³-hybridized carbons (Fsp3) is 1.00. The van der Waals surface area contributed by atoms with Gasteiger partial charge in [-0.05, 0) is 31.1 Å². The first-order valence-corrected chi connectivity index (χ1v) is 6.40. The summed E-state index contributed by atoms with van der Waals surface area (Å²) in [6, 6.07) is 0. The average molecular weight is 214 g/mol. The number of hydrogen-bond donors (Lipinski definition) is 1. The Labute approximate surface area is 94.0 Å². The zero-order valence-electron chi connectivity index (χ0n) is 10.5. The summed E-state index contributed by atoms with van der Waals surface area (Å²) in [7, 11) is 0. The monoisotopic (exact) mass is 214 g/mol. The Morgan fingerprint density at radius 2 is 2.13 bits per heavy atom. The Morgan fingerprint density at radius 1 is 1.40 bits per heavy atom. The maximum atomic E-state index is 10.6. The van der Waals surface area contributed by atoms with Gasteiger partial charge in [0.2, 0.25) is 0 Å². The highest BCUT2D eigenvalue weighted by atomic mass is 16.5. The Hall–Kier alpha value is -0.0800. The minimum absolute atomic E-state index is 0.420. The van der Waals surface area contributed by atoms with Crippen LogP contribution in [0.15, 0.2) is 0 Å². The van der Waals surface area contributed by atoms with Crippen molar-refractivity contribution in [3.05, 3.63) is 0 Å². The Bertz CT molecular complexity index is 179. The summed E-state index contributed by atoms with van der Waals surface area (Å²) < 4.78 is 5.56. The quantitative estimate of drug-likeness (QED) is 0.713. The molecule has 0 saturated heterocycles. The minimum Gasteiger partial charge on any atom is -0.387 e.